The minimum Gasteiger partial charge on any atom is -0.383 e. The topological polar surface area (TPSA) is 238 Å². The summed E-state index contributed by atoms with van der Waals surface area (Å²) < 4.78 is 43.8. The third-order valence-electron chi connectivity index (χ3n) is 1.78. The average Bonchev–Trinajstić information content (AvgIpc) is 2.27. The summed E-state index contributed by atoms with van der Waals surface area (Å²) in [5, 5.41) is 9.26. The Balaban J connectivity index is 5.42. The number of aliphatic hydroxyl groups excluding tert-OH is 1. The van der Waals surface area contributed by atoms with Crippen LogP contribution in [0.5, 0.6) is 0 Å². The van der Waals surface area contributed by atoms with Crippen molar-refractivity contribution in [2.75, 3.05) is 6.61 Å². The van der Waals surface area contributed by atoms with E-state index in [2.05, 4.69) is 13.6 Å². The largest absolute Gasteiger partial charge is 0.470 e. The molecular formula is C5H13O14P3. The highest BCUT2D eigenvalue weighted by molar-refractivity contribution is 7.47. The molecule has 0 heterocycles. The maximum atomic E-state index is 10.8. The summed E-state index contributed by atoms with van der Waals surface area (Å²) >= 11 is 0. The monoisotopic (exact) mass is 390 g/mol. The molecule has 0 unspecified atom stereocenters. The second-order valence-electron chi connectivity index (χ2n) is 3.61. The molecule has 7 N–H and O–H groups in total. The standard InChI is InChI=1S/C5H13O14P3/c6-1-3(7)5(19-22(14,15)16)4(18-21(11,12)13)2-17-20(8,9)10/h1,3-5,7H,2H2,(H2,8,9,10)(H2,11,12,13)(H2,14,15,16)/t3-,4-,5+/m1/s1. The molecule has 0 amide bonds. The first-order chi connectivity index (χ1) is 9.64. The van der Waals surface area contributed by atoms with Gasteiger partial charge in [0, 0.05) is 0 Å². The van der Waals surface area contributed by atoms with Crippen LogP contribution in [0.1, 0.15) is 0 Å². The van der Waals surface area contributed by atoms with Crippen molar-refractivity contribution in [3.63, 3.8) is 0 Å². The molecule has 0 radical (unpaired) electrons. The molecule has 3 atom stereocenters. The van der Waals surface area contributed by atoms with Crippen LogP contribution in [0, 0.1) is 0 Å². The van der Waals surface area contributed by atoms with E-state index in [1.165, 1.54) is 0 Å². The van der Waals surface area contributed by atoms with Gasteiger partial charge in [0.25, 0.3) is 0 Å². The molecule has 0 rings (SSSR count). The van der Waals surface area contributed by atoms with Gasteiger partial charge in [-0.15, -0.1) is 0 Å². The van der Waals surface area contributed by atoms with Crippen LogP contribution in [-0.2, 0) is 32.1 Å². The molecule has 17 heteroatoms. The minimum absolute atomic E-state index is 0.312. The summed E-state index contributed by atoms with van der Waals surface area (Å²) in [4.78, 5) is 62.0. The molecule has 0 aliphatic heterocycles. The van der Waals surface area contributed by atoms with E-state index in [9.17, 15) is 23.6 Å². The zero-order valence-corrected chi connectivity index (χ0v) is 13.0. The number of rotatable bonds is 10. The number of aliphatic hydroxyl groups is 1. The molecule has 0 aromatic rings. The van der Waals surface area contributed by atoms with E-state index in [0.29, 0.717) is 0 Å². The van der Waals surface area contributed by atoms with Crippen molar-refractivity contribution < 1.29 is 66.5 Å². The Hall–Kier alpha value is -0.0400. The van der Waals surface area contributed by atoms with Crippen molar-refractivity contribution in [3.8, 4) is 0 Å². The van der Waals surface area contributed by atoms with E-state index in [1.54, 1.807) is 0 Å². The number of hydrogen-bond donors (Lipinski definition) is 7. The van der Waals surface area contributed by atoms with Gasteiger partial charge in [-0.25, -0.2) is 13.7 Å². The van der Waals surface area contributed by atoms with Gasteiger partial charge in [-0.2, -0.15) is 0 Å². The van der Waals surface area contributed by atoms with Crippen molar-refractivity contribution >= 4 is 29.8 Å². The Morgan fingerprint density at radius 1 is 0.864 bits per heavy atom. The minimum atomic E-state index is -5.37. The zero-order valence-electron chi connectivity index (χ0n) is 10.3. The van der Waals surface area contributed by atoms with Crippen molar-refractivity contribution in [1.82, 2.24) is 0 Å². The summed E-state index contributed by atoms with van der Waals surface area (Å²) in [5.74, 6) is 0. The molecule has 0 fully saturated rings. The van der Waals surface area contributed by atoms with Crippen LogP contribution >= 0.6 is 23.5 Å². The van der Waals surface area contributed by atoms with E-state index in [1.807, 2.05) is 0 Å². The summed E-state index contributed by atoms with van der Waals surface area (Å²) in [6, 6.07) is 0. The second kappa shape index (κ2) is 8.18. The first kappa shape index (κ1) is 22.0. The molecule has 0 bridgehead atoms. The molecule has 132 valence electrons. The van der Waals surface area contributed by atoms with Gasteiger partial charge in [-0.1, -0.05) is 0 Å². The molecule has 22 heavy (non-hydrogen) atoms. The Kier molecular flexibility index (Phi) is 8.16. The van der Waals surface area contributed by atoms with E-state index in [0.717, 1.165) is 0 Å². The molecule has 0 spiro atoms. The Morgan fingerprint density at radius 2 is 1.32 bits per heavy atom. The quantitative estimate of drug-likeness (QED) is 0.152. The second-order valence-corrected chi connectivity index (χ2v) is 7.23. The Bertz CT molecular complexity index is 499. The SMILES string of the molecule is O=C[C@@H](O)[C@H](OP(=O)(O)O)[C@@H](COP(=O)(O)O)OP(=O)(O)O. The zero-order chi connectivity index (χ0) is 17.8. The fraction of sp³-hybridized carbons (Fsp3) is 0.800. The maximum Gasteiger partial charge on any atom is 0.470 e. The number of hydrogen-bond acceptors (Lipinski definition) is 8. The molecule has 0 saturated carbocycles. The molecule has 0 aromatic carbocycles. The van der Waals surface area contributed by atoms with Gasteiger partial charge in [-0.3, -0.25) is 13.6 Å². The third-order valence-corrected chi connectivity index (χ3v) is 3.33. The molecule has 0 aromatic heterocycles. The Morgan fingerprint density at radius 3 is 1.64 bits per heavy atom. The molecular weight excluding hydrogens is 377 g/mol. The molecule has 0 aliphatic carbocycles. The van der Waals surface area contributed by atoms with Crippen LogP contribution in [0.25, 0.3) is 0 Å². The Labute approximate surface area is 122 Å². The van der Waals surface area contributed by atoms with Gasteiger partial charge < -0.3 is 39.3 Å². The first-order valence-corrected chi connectivity index (χ1v) is 9.55. The summed E-state index contributed by atoms with van der Waals surface area (Å²) in [7, 11) is -15.9. The van der Waals surface area contributed by atoms with Gasteiger partial charge in [-0.05, 0) is 0 Å². The molecule has 14 nitrogen and oxygen atoms in total. The van der Waals surface area contributed by atoms with Crippen molar-refractivity contribution in [2.24, 2.45) is 0 Å². The van der Waals surface area contributed by atoms with E-state index in [4.69, 9.17) is 29.4 Å². The molecule has 0 saturated heterocycles. The maximum absolute atomic E-state index is 10.8. The van der Waals surface area contributed by atoms with Crippen molar-refractivity contribution in [2.45, 2.75) is 18.3 Å². The smallest absolute Gasteiger partial charge is 0.383 e. The summed E-state index contributed by atoms with van der Waals surface area (Å²) in [6.07, 6.45) is -7.36. The van der Waals surface area contributed by atoms with Crippen molar-refractivity contribution in [3.05, 3.63) is 0 Å². The molecule has 0 aliphatic rings. The fourth-order valence-electron chi connectivity index (χ4n) is 1.12. The lowest BCUT2D eigenvalue weighted by molar-refractivity contribution is -0.125. The number of phosphoric acid groups is 3. The van der Waals surface area contributed by atoms with Crippen LogP contribution in [0.4, 0.5) is 0 Å². The highest BCUT2D eigenvalue weighted by atomic mass is 31.2. The normalized spacial score (nSPS) is 17.8. The summed E-state index contributed by atoms with van der Waals surface area (Å²) in [6.45, 7) is -1.37. The van der Waals surface area contributed by atoms with E-state index < -0.39 is 48.4 Å². The van der Waals surface area contributed by atoms with E-state index in [-0.39, 0.29) is 6.29 Å². The van der Waals surface area contributed by atoms with Crippen LogP contribution < -0.4 is 0 Å². The number of carbonyl (C=O) groups excluding carboxylic acids is 1. The lowest BCUT2D eigenvalue weighted by Crippen LogP contribution is -2.43. The number of carbonyl (C=O) groups is 1. The van der Waals surface area contributed by atoms with E-state index >= 15 is 0 Å². The van der Waals surface area contributed by atoms with Crippen LogP contribution in [0.2, 0.25) is 0 Å². The lowest BCUT2D eigenvalue weighted by atomic mass is 10.1. The predicted octanol–water partition coefficient (Wildman–Crippen LogP) is -2.39. The van der Waals surface area contributed by atoms with Gasteiger partial charge in [0.2, 0.25) is 0 Å². The number of aldehydes is 1. The van der Waals surface area contributed by atoms with Crippen LogP contribution in [0.3, 0.4) is 0 Å². The highest BCUT2D eigenvalue weighted by Gasteiger charge is 2.40. The lowest BCUT2D eigenvalue weighted by Gasteiger charge is -2.28. The summed E-state index contributed by atoms with van der Waals surface area (Å²) in [5.41, 5.74) is 0. The third kappa shape index (κ3) is 10.6. The van der Waals surface area contributed by atoms with Crippen molar-refractivity contribution in [1.29, 1.82) is 0 Å². The highest BCUT2D eigenvalue weighted by Crippen LogP contribution is 2.45. The van der Waals surface area contributed by atoms with Gasteiger partial charge in [0.1, 0.15) is 18.3 Å². The predicted molar refractivity (Wildman–Crippen MR) is 63.9 cm³/mol. The fourth-order valence-corrected chi connectivity index (χ4v) is 2.57. The first-order valence-electron chi connectivity index (χ1n) is 4.96. The average molecular weight is 390 g/mol. The van der Waals surface area contributed by atoms with Gasteiger partial charge in [0.05, 0.1) is 6.61 Å². The number of phosphoric ester groups is 3. The van der Waals surface area contributed by atoms with Crippen LogP contribution in [0.15, 0.2) is 0 Å². The van der Waals surface area contributed by atoms with Gasteiger partial charge in [0.15, 0.2) is 6.29 Å². The van der Waals surface area contributed by atoms with Gasteiger partial charge >= 0.3 is 23.5 Å². The van der Waals surface area contributed by atoms with Crippen LogP contribution in [-0.4, -0.2) is 65.7 Å².